The minimum absolute atomic E-state index is 0.788. The third-order valence-corrected chi connectivity index (χ3v) is 2.98. The molecule has 1 N–H and O–H groups in total. The third kappa shape index (κ3) is 1.99. The van der Waals surface area contributed by atoms with Gasteiger partial charge in [0, 0.05) is 7.05 Å². The summed E-state index contributed by atoms with van der Waals surface area (Å²) in [5.74, 6) is 1.62. The van der Waals surface area contributed by atoms with Gasteiger partial charge in [-0.25, -0.2) is 9.97 Å². The highest BCUT2D eigenvalue weighted by atomic mass is 16.5. The van der Waals surface area contributed by atoms with Gasteiger partial charge in [-0.3, -0.25) is 4.40 Å². The number of ether oxygens (including phenoxy) is 1. The summed E-state index contributed by atoms with van der Waals surface area (Å²) >= 11 is 0. The van der Waals surface area contributed by atoms with Crippen molar-refractivity contribution in [3.8, 4) is 17.1 Å². The summed E-state index contributed by atoms with van der Waals surface area (Å²) in [5, 5.41) is 3.03. The molecular weight excluding hydrogens is 240 g/mol. The summed E-state index contributed by atoms with van der Waals surface area (Å²) < 4.78 is 7.22. The van der Waals surface area contributed by atoms with E-state index in [4.69, 9.17) is 4.74 Å². The molecule has 3 aromatic rings. The first-order valence-corrected chi connectivity index (χ1v) is 5.98. The smallest absolute Gasteiger partial charge is 0.137 e. The number of anilines is 1. The van der Waals surface area contributed by atoms with Crippen LogP contribution < -0.4 is 10.1 Å². The molecule has 0 aliphatic carbocycles. The van der Waals surface area contributed by atoms with Crippen LogP contribution in [0.25, 0.3) is 17.0 Å². The highest BCUT2D eigenvalue weighted by molar-refractivity contribution is 5.62. The van der Waals surface area contributed by atoms with E-state index in [-0.39, 0.29) is 0 Å². The van der Waals surface area contributed by atoms with Crippen LogP contribution in [0, 0.1) is 0 Å². The minimum atomic E-state index is 0.788. The minimum Gasteiger partial charge on any atom is -0.495 e. The Labute approximate surface area is 110 Å². The fourth-order valence-electron chi connectivity index (χ4n) is 1.99. The van der Waals surface area contributed by atoms with E-state index in [1.165, 1.54) is 0 Å². The Kier molecular flexibility index (Phi) is 2.79. The number of methoxy groups -OCH3 is 1. The van der Waals surface area contributed by atoms with Crippen molar-refractivity contribution < 1.29 is 4.74 Å². The van der Waals surface area contributed by atoms with Crippen LogP contribution in [0.15, 0.2) is 42.7 Å². The summed E-state index contributed by atoms with van der Waals surface area (Å²) in [6.45, 7) is 0. The Morgan fingerprint density at radius 1 is 1.21 bits per heavy atom. The maximum absolute atomic E-state index is 5.25. The molecule has 3 aromatic heterocycles. The van der Waals surface area contributed by atoms with Gasteiger partial charge in [0.25, 0.3) is 0 Å². The molecule has 0 aromatic carbocycles. The van der Waals surface area contributed by atoms with Gasteiger partial charge in [0.2, 0.25) is 0 Å². The first-order chi connectivity index (χ1) is 9.31. The van der Waals surface area contributed by atoms with E-state index in [2.05, 4.69) is 15.3 Å². The molecule has 3 rings (SSSR count). The van der Waals surface area contributed by atoms with Crippen LogP contribution >= 0.6 is 0 Å². The molecule has 0 aliphatic rings. The number of pyridine rings is 2. The molecule has 0 fully saturated rings. The lowest BCUT2D eigenvalue weighted by Crippen LogP contribution is -1.95. The summed E-state index contributed by atoms with van der Waals surface area (Å²) in [7, 11) is 3.50. The molecule has 0 atom stereocenters. The number of hydrogen-bond donors (Lipinski definition) is 1. The molecule has 0 bridgehead atoms. The fourth-order valence-corrected chi connectivity index (χ4v) is 1.99. The fraction of sp³-hybridized carbons (Fsp3) is 0.143. The van der Waals surface area contributed by atoms with Gasteiger partial charge in [0.1, 0.15) is 17.2 Å². The quantitative estimate of drug-likeness (QED) is 0.780. The highest BCUT2D eigenvalue weighted by Crippen LogP contribution is 2.22. The molecule has 96 valence electrons. The van der Waals surface area contributed by atoms with Crippen LogP contribution in [0.1, 0.15) is 0 Å². The number of hydrogen-bond acceptors (Lipinski definition) is 4. The number of aromatic nitrogens is 3. The molecule has 0 amide bonds. The van der Waals surface area contributed by atoms with E-state index < -0.39 is 0 Å². The van der Waals surface area contributed by atoms with E-state index >= 15 is 0 Å². The van der Waals surface area contributed by atoms with Crippen molar-refractivity contribution in [2.24, 2.45) is 0 Å². The van der Waals surface area contributed by atoms with Gasteiger partial charge >= 0.3 is 0 Å². The van der Waals surface area contributed by atoms with Crippen LogP contribution in [0.2, 0.25) is 0 Å². The zero-order valence-electron chi connectivity index (χ0n) is 10.8. The number of nitrogens with one attached hydrogen (secondary N) is 1. The SMILES string of the molecule is CNc1cccc(-c2cnc3ccc(OC)cn23)n1. The molecule has 3 heterocycles. The Bertz CT molecular complexity index is 720. The first kappa shape index (κ1) is 11.5. The zero-order valence-corrected chi connectivity index (χ0v) is 10.8. The van der Waals surface area contributed by atoms with E-state index in [1.54, 1.807) is 7.11 Å². The van der Waals surface area contributed by atoms with E-state index in [0.29, 0.717) is 0 Å². The number of rotatable bonds is 3. The summed E-state index contributed by atoms with van der Waals surface area (Å²) in [6.07, 6.45) is 3.72. The van der Waals surface area contributed by atoms with Crippen molar-refractivity contribution in [1.82, 2.24) is 14.4 Å². The first-order valence-electron chi connectivity index (χ1n) is 5.98. The lowest BCUT2D eigenvalue weighted by atomic mass is 10.3. The Morgan fingerprint density at radius 3 is 2.89 bits per heavy atom. The second-order valence-electron chi connectivity index (χ2n) is 4.10. The lowest BCUT2D eigenvalue weighted by Gasteiger charge is -2.05. The van der Waals surface area contributed by atoms with Gasteiger partial charge in [0.15, 0.2) is 0 Å². The maximum Gasteiger partial charge on any atom is 0.137 e. The van der Waals surface area contributed by atoms with Crippen molar-refractivity contribution in [2.45, 2.75) is 0 Å². The predicted octanol–water partition coefficient (Wildman–Crippen LogP) is 2.45. The second kappa shape index (κ2) is 4.61. The molecule has 0 saturated carbocycles. The third-order valence-electron chi connectivity index (χ3n) is 2.98. The van der Waals surface area contributed by atoms with Gasteiger partial charge in [0.05, 0.1) is 30.9 Å². The monoisotopic (exact) mass is 254 g/mol. The number of nitrogens with zero attached hydrogens (tertiary/aromatic N) is 3. The molecule has 5 nitrogen and oxygen atoms in total. The highest BCUT2D eigenvalue weighted by Gasteiger charge is 2.08. The lowest BCUT2D eigenvalue weighted by molar-refractivity contribution is 0.412. The van der Waals surface area contributed by atoms with Crippen LogP contribution in [0.3, 0.4) is 0 Å². The molecule has 0 radical (unpaired) electrons. The van der Waals surface area contributed by atoms with E-state index in [9.17, 15) is 0 Å². The van der Waals surface area contributed by atoms with Crippen molar-refractivity contribution >= 4 is 11.5 Å². The van der Waals surface area contributed by atoms with Crippen molar-refractivity contribution in [2.75, 3.05) is 19.5 Å². The van der Waals surface area contributed by atoms with Gasteiger partial charge in [-0.05, 0) is 24.3 Å². The van der Waals surface area contributed by atoms with Crippen LogP contribution in [0.4, 0.5) is 5.82 Å². The van der Waals surface area contributed by atoms with Crippen molar-refractivity contribution in [1.29, 1.82) is 0 Å². The summed E-state index contributed by atoms with van der Waals surface area (Å²) in [5.41, 5.74) is 2.67. The number of fused-ring (bicyclic) bond motifs is 1. The van der Waals surface area contributed by atoms with Gasteiger partial charge in [-0.2, -0.15) is 0 Å². The van der Waals surface area contributed by atoms with Gasteiger partial charge < -0.3 is 10.1 Å². The van der Waals surface area contributed by atoms with Crippen LogP contribution in [-0.2, 0) is 0 Å². The second-order valence-corrected chi connectivity index (χ2v) is 4.10. The molecule has 0 spiro atoms. The van der Waals surface area contributed by atoms with Gasteiger partial charge in [-0.1, -0.05) is 6.07 Å². The normalized spacial score (nSPS) is 10.6. The maximum atomic E-state index is 5.25. The zero-order chi connectivity index (χ0) is 13.2. The van der Waals surface area contributed by atoms with Crippen molar-refractivity contribution in [3.63, 3.8) is 0 Å². The average Bonchev–Trinajstić information content (AvgIpc) is 2.90. The Morgan fingerprint density at radius 2 is 2.11 bits per heavy atom. The van der Waals surface area contributed by atoms with Gasteiger partial charge in [-0.15, -0.1) is 0 Å². The molecule has 5 heteroatoms. The average molecular weight is 254 g/mol. The standard InChI is InChI=1S/C14H14N4O/c1-15-13-5-3-4-11(17-13)12-8-16-14-7-6-10(19-2)9-18(12)14/h3-9H,1-2H3,(H,15,17). The van der Waals surface area contributed by atoms with E-state index in [1.807, 2.05) is 54.2 Å². The summed E-state index contributed by atoms with van der Waals surface area (Å²) in [6, 6.07) is 9.67. The van der Waals surface area contributed by atoms with Crippen molar-refractivity contribution in [3.05, 3.63) is 42.7 Å². The van der Waals surface area contributed by atoms with Crippen LogP contribution in [-0.4, -0.2) is 28.5 Å². The Hall–Kier alpha value is -2.56. The predicted molar refractivity (Wildman–Crippen MR) is 74.5 cm³/mol. The van der Waals surface area contributed by atoms with Crippen LogP contribution in [0.5, 0.6) is 5.75 Å². The molecular formula is C14H14N4O. The summed E-state index contributed by atoms with van der Waals surface area (Å²) in [4.78, 5) is 8.90. The molecule has 0 unspecified atom stereocenters. The van der Waals surface area contributed by atoms with E-state index in [0.717, 1.165) is 28.6 Å². The molecule has 0 saturated heterocycles. The largest absolute Gasteiger partial charge is 0.495 e. The topological polar surface area (TPSA) is 51.5 Å². The molecule has 19 heavy (non-hydrogen) atoms. The Balaban J connectivity index is 2.18. The molecule has 0 aliphatic heterocycles. The number of imidazole rings is 1.